The summed E-state index contributed by atoms with van der Waals surface area (Å²) in [7, 11) is 0. The maximum Gasteiger partial charge on any atom is 0.283 e. The van der Waals surface area contributed by atoms with Gasteiger partial charge in [-0.1, -0.05) is 34.1 Å². The fourth-order valence-electron chi connectivity index (χ4n) is 2.50. The van der Waals surface area contributed by atoms with Crippen molar-refractivity contribution >= 4 is 54.5 Å². The third kappa shape index (κ3) is 2.17. The first-order chi connectivity index (χ1) is 11.1. The van der Waals surface area contributed by atoms with Crippen LogP contribution in [0.5, 0.6) is 0 Å². The molecule has 6 nitrogen and oxygen atoms in total. The summed E-state index contributed by atoms with van der Waals surface area (Å²) in [4.78, 5) is 17.3. The highest BCUT2D eigenvalue weighted by atomic mass is 79.9. The maximum atomic E-state index is 12.7. The smallest absolute Gasteiger partial charge is 0.283 e. The molecule has 0 atom stereocenters. The number of para-hydroxylation sites is 1. The molecular formula is C15H9Br2N5O. The number of rotatable bonds is 1. The fraction of sp³-hybridized carbons (Fsp3) is 0. The van der Waals surface area contributed by atoms with Crippen LogP contribution in [0.15, 0.2) is 56.2 Å². The first kappa shape index (κ1) is 14.4. The molecule has 0 amide bonds. The molecule has 114 valence electrons. The molecule has 4 aromatic rings. The maximum absolute atomic E-state index is 12.7. The molecule has 0 fully saturated rings. The molecule has 0 aliphatic heterocycles. The van der Waals surface area contributed by atoms with E-state index in [1.54, 1.807) is 10.6 Å². The minimum atomic E-state index is -0.270. The van der Waals surface area contributed by atoms with Gasteiger partial charge in [-0.2, -0.15) is 4.52 Å². The molecule has 0 aliphatic rings. The molecule has 2 N–H and O–H groups in total. The van der Waals surface area contributed by atoms with Gasteiger partial charge in [0.15, 0.2) is 0 Å². The third-order valence-corrected chi connectivity index (χ3v) is 4.56. The SMILES string of the molecule is Nc1nn2c(=O)c3cc(Br)cc(Br)c3nc2n1-c1ccccc1. The van der Waals surface area contributed by atoms with Crippen LogP contribution in [0, 0.1) is 0 Å². The number of fused-ring (bicyclic) bond motifs is 2. The van der Waals surface area contributed by atoms with E-state index in [9.17, 15) is 4.79 Å². The molecule has 0 radical (unpaired) electrons. The van der Waals surface area contributed by atoms with E-state index in [0.29, 0.717) is 16.7 Å². The quantitative estimate of drug-likeness (QED) is 0.499. The first-order valence-electron chi connectivity index (χ1n) is 6.68. The Morgan fingerprint density at radius 3 is 2.57 bits per heavy atom. The van der Waals surface area contributed by atoms with Gasteiger partial charge in [0.05, 0.1) is 16.6 Å². The Kier molecular flexibility index (Phi) is 3.24. The van der Waals surface area contributed by atoms with Gasteiger partial charge in [0.25, 0.3) is 5.56 Å². The zero-order chi connectivity index (χ0) is 16.1. The molecule has 23 heavy (non-hydrogen) atoms. The van der Waals surface area contributed by atoms with Gasteiger partial charge in [0.1, 0.15) is 0 Å². The van der Waals surface area contributed by atoms with Crippen molar-refractivity contribution in [2.75, 3.05) is 5.73 Å². The van der Waals surface area contributed by atoms with Crippen LogP contribution in [0.2, 0.25) is 0 Å². The van der Waals surface area contributed by atoms with Gasteiger partial charge in [-0.25, -0.2) is 9.55 Å². The number of aromatic nitrogens is 4. The topological polar surface area (TPSA) is 78.2 Å². The van der Waals surface area contributed by atoms with Crippen LogP contribution in [0.4, 0.5) is 5.95 Å². The molecule has 2 aromatic heterocycles. The highest BCUT2D eigenvalue weighted by Crippen LogP contribution is 2.26. The van der Waals surface area contributed by atoms with E-state index < -0.39 is 0 Å². The van der Waals surface area contributed by atoms with Gasteiger partial charge in [-0.3, -0.25) is 4.79 Å². The van der Waals surface area contributed by atoms with E-state index in [1.807, 2.05) is 36.4 Å². The summed E-state index contributed by atoms with van der Waals surface area (Å²) >= 11 is 6.84. The number of halogens is 2. The van der Waals surface area contributed by atoms with E-state index in [1.165, 1.54) is 4.52 Å². The van der Waals surface area contributed by atoms with Gasteiger partial charge in [0.2, 0.25) is 11.7 Å². The lowest BCUT2D eigenvalue weighted by molar-refractivity contribution is 0.918. The Balaban J connectivity index is 2.20. The van der Waals surface area contributed by atoms with Crippen molar-refractivity contribution in [1.82, 2.24) is 19.2 Å². The van der Waals surface area contributed by atoms with Crippen LogP contribution in [0.1, 0.15) is 0 Å². The van der Waals surface area contributed by atoms with Crippen LogP contribution in [0.25, 0.3) is 22.4 Å². The molecule has 4 rings (SSSR count). The molecule has 0 bridgehead atoms. The Bertz CT molecular complexity index is 1120. The van der Waals surface area contributed by atoms with Crippen LogP contribution in [-0.2, 0) is 0 Å². The molecule has 8 heteroatoms. The standard InChI is InChI=1S/C15H9Br2N5O/c16-8-6-10-12(11(17)7-8)19-15-21(9-4-2-1-3-5-9)14(18)20-22(15)13(10)23/h1-7H,(H2,18,20). The molecule has 0 aliphatic carbocycles. The fourth-order valence-corrected chi connectivity index (χ4v) is 3.82. The largest absolute Gasteiger partial charge is 0.368 e. The summed E-state index contributed by atoms with van der Waals surface area (Å²) in [5.41, 5.74) is 7.10. The highest BCUT2D eigenvalue weighted by molar-refractivity contribution is 9.11. The minimum absolute atomic E-state index is 0.200. The lowest BCUT2D eigenvalue weighted by Gasteiger charge is -2.06. The van der Waals surface area contributed by atoms with E-state index in [0.717, 1.165) is 14.6 Å². The van der Waals surface area contributed by atoms with Crippen LogP contribution < -0.4 is 11.3 Å². The highest BCUT2D eigenvalue weighted by Gasteiger charge is 2.17. The Morgan fingerprint density at radius 2 is 1.83 bits per heavy atom. The predicted molar refractivity (Wildman–Crippen MR) is 95.9 cm³/mol. The summed E-state index contributed by atoms with van der Waals surface area (Å²) in [6, 6.07) is 13.0. The number of nitrogens with zero attached hydrogens (tertiary/aromatic N) is 4. The zero-order valence-electron chi connectivity index (χ0n) is 11.6. The van der Waals surface area contributed by atoms with Gasteiger partial charge in [-0.05, 0) is 40.2 Å². The molecule has 2 heterocycles. The number of hydrogen-bond acceptors (Lipinski definition) is 4. The average molecular weight is 435 g/mol. The van der Waals surface area contributed by atoms with Crippen molar-refractivity contribution in [2.45, 2.75) is 0 Å². The average Bonchev–Trinajstić information content (AvgIpc) is 2.86. The van der Waals surface area contributed by atoms with Crippen molar-refractivity contribution in [3.05, 3.63) is 61.8 Å². The summed E-state index contributed by atoms with van der Waals surface area (Å²) in [5, 5.41) is 4.61. The molecule has 0 spiro atoms. The van der Waals surface area contributed by atoms with Crippen molar-refractivity contribution in [3.8, 4) is 5.69 Å². The van der Waals surface area contributed by atoms with Gasteiger partial charge >= 0.3 is 0 Å². The summed E-state index contributed by atoms with van der Waals surface area (Å²) in [5.74, 6) is 0.570. The number of nitrogen functional groups attached to an aromatic ring is 1. The first-order valence-corrected chi connectivity index (χ1v) is 8.26. The number of nitrogens with two attached hydrogens (primary N) is 1. The van der Waals surface area contributed by atoms with Gasteiger partial charge in [-0.15, -0.1) is 5.10 Å². The van der Waals surface area contributed by atoms with Gasteiger partial charge in [0, 0.05) is 8.95 Å². The van der Waals surface area contributed by atoms with E-state index in [2.05, 4.69) is 41.9 Å². The lowest BCUT2D eigenvalue weighted by Crippen LogP contribution is -2.16. The molecule has 0 saturated heterocycles. The Morgan fingerprint density at radius 1 is 1.09 bits per heavy atom. The lowest BCUT2D eigenvalue weighted by atomic mass is 10.2. The summed E-state index contributed by atoms with van der Waals surface area (Å²) in [6.07, 6.45) is 0. The van der Waals surface area contributed by atoms with Crippen LogP contribution in [0.3, 0.4) is 0 Å². The molecule has 0 unspecified atom stereocenters. The second kappa shape index (κ2) is 5.17. The van der Waals surface area contributed by atoms with Crippen molar-refractivity contribution in [3.63, 3.8) is 0 Å². The number of anilines is 1. The van der Waals surface area contributed by atoms with E-state index in [4.69, 9.17) is 5.73 Å². The minimum Gasteiger partial charge on any atom is -0.368 e. The second-order valence-corrected chi connectivity index (χ2v) is 6.71. The van der Waals surface area contributed by atoms with Crippen molar-refractivity contribution in [2.24, 2.45) is 0 Å². The number of benzene rings is 2. The number of hydrogen-bond donors (Lipinski definition) is 1. The summed E-state index contributed by atoms with van der Waals surface area (Å²) in [6.45, 7) is 0. The third-order valence-electron chi connectivity index (χ3n) is 3.50. The Hall–Kier alpha value is -2.19. The van der Waals surface area contributed by atoms with Crippen molar-refractivity contribution in [1.29, 1.82) is 0 Å². The Labute approximate surface area is 146 Å². The van der Waals surface area contributed by atoms with Gasteiger partial charge < -0.3 is 5.73 Å². The normalized spacial score (nSPS) is 11.4. The van der Waals surface area contributed by atoms with E-state index in [-0.39, 0.29) is 11.5 Å². The van der Waals surface area contributed by atoms with Crippen LogP contribution in [-0.4, -0.2) is 19.2 Å². The second-order valence-electron chi connectivity index (χ2n) is 4.94. The summed E-state index contributed by atoms with van der Waals surface area (Å²) < 4.78 is 4.38. The zero-order valence-corrected chi connectivity index (χ0v) is 14.7. The predicted octanol–water partition coefficient (Wildman–Crippen LogP) is 3.14. The van der Waals surface area contributed by atoms with Crippen molar-refractivity contribution < 1.29 is 0 Å². The monoisotopic (exact) mass is 433 g/mol. The molecule has 0 saturated carbocycles. The van der Waals surface area contributed by atoms with E-state index >= 15 is 0 Å². The molecular weight excluding hydrogens is 426 g/mol. The van der Waals surface area contributed by atoms with Crippen LogP contribution >= 0.6 is 31.9 Å². The molecule has 2 aromatic carbocycles.